The van der Waals surface area contributed by atoms with Crippen LogP contribution in [0, 0.1) is 0 Å². The van der Waals surface area contributed by atoms with Crippen LogP contribution in [0.2, 0.25) is 0 Å². The zero-order valence-corrected chi connectivity index (χ0v) is 16.5. The third-order valence-corrected chi connectivity index (χ3v) is 6.03. The van der Waals surface area contributed by atoms with E-state index in [1.165, 1.54) is 0 Å². The van der Waals surface area contributed by atoms with E-state index in [2.05, 4.69) is 15.2 Å². The summed E-state index contributed by atoms with van der Waals surface area (Å²) in [5, 5.41) is 6.08. The van der Waals surface area contributed by atoms with Gasteiger partial charge in [0.2, 0.25) is 11.8 Å². The summed E-state index contributed by atoms with van der Waals surface area (Å²) in [6, 6.07) is 12.0. The highest BCUT2D eigenvalue weighted by atomic mass is 32.1. The quantitative estimate of drug-likeness (QED) is 0.671. The molecule has 3 aromatic rings. The number of carbonyl (C=O) groups is 2. The predicted molar refractivity (Wildman–Crippen MR) is 111 cm³/mol. The Labute approximate surface area is 168 Å². The molecule has 0 aliphatic carbocycles. The van der Waals surface area contributed by atoms with E-state index in [1.54, 1.807) is 11.3 Å². The number of H-pyrrole nitrogens is 1. The van der Waals surface area contributed by atoms with Crippen molar-refractivity contribution in [2.45, 2.75) is 13.0 Å². The number of benzene rings is 1. The van der Waals surface area contributed by atoms with E-state index in [0.717, 1.165) is 34.4 Å². The fraction of sp³-hybridized carbons (Fsp3) is 0.333. The molecule has 1 saturated heterocycles. The average Bonchev–Trinajstić information content (AvgIpc) is 3.37. The van der Waals surface area contributed by atoms with Crippen LogP contribution in [-0.2, 0) is 22.6 Å². The molecule has 2 aromatic heterocycles. The number of nitrogens with one attached hydrogen (secondary N) is 2. The Hall–Kier alpha value is -2.64. The number of hydrogen-bond donors (Lipinski definition) is 2. The number of hydrogen-bond acceptors (Lipinski definition) is 4. The first-order valence-corrected chi connectivity index (χ1v) is 10.4. The third kappa shape index (κ3) is 4.43. The second kappa shape index (κ2) is 8.58. The minimum absolute atomic E-state index is 0.0342. The molecule has 0 radical (unpaired) electrons. The van der Waals surface area contributed by atoms with Crippen molar-refractivity contribution in [1.82, 2.24) is 20.1 Å². The van der Waals surface area contributed by atoms with Crippen LogP contribution in [0.1, 0.15) is 10.4 Å². The lowest BCUT2D eigenvalue weighted by Crippen LogP contribution is -2.51. The van der Waals surface area contributed by atoms with Crippen LogP contribution in [0.5, 0.6) is 0 Å². The fourth-order valence-electron chi connectivity index (χ4n) is 3.57. The highest BCUT2D eigenvalue weighted by Crippen LogP contribution is 2.19. The lowest BCUT2D eigenvalue weighted by Gasteiger charge is -2.34. The smallest absolute Gasteiger partial charge is 0.234 e. The highest BCUT2D eigenvalue weighted by Gasteiger charge is 2.23. The number of piperazine rings is 1. The van der Waals surface area contributed by atoms with Crippen molar-refractivity contribution in [2.75, 3.05) is 32.7 Å². The molecular formula is C21H24N4O2S. The van der Waals surface area contributed by atoms with Crippen molar-refractivity contribution < 1.29 is 9.59 Å². The molecule has 0 spiro atoms. The lowest BCUT2D eigenvalue weighted by atomic mass is 10.1. The van der Waals surface area contributed by atoms with Crippen molar-refractivity contribution in [1.29, 1.82) is 0 Å². The van der Waals surface area contributed by atoms with E-state index < -0.39 is 0 Å². The largest absolute Gasteiger partial charge is 0.361 e. The normalized spacial score (nSPS) is 15.1. The standard InChI is InChI=1S/C21H24N4O2S/c26-20(23-14-17-4-3-11-28-17)15-24-7-9-25(10-8-24)21(27)12-16-13-22-19-6-2-1-5-18(16)19/h1-6,11,13,22H,7-10,12,14-15H2,(H,23,26). The lowest BCUT2D eigenvalue weighted by molar-refractivity contribution is -0.132. The molecule has 2 N–H and O–H groups in total. The van der Waals surface area contributed by atoms with Crippen LogP contribution >= 0.6 is 11.3 Å². The number of carbonyl (C=O) groups excluding carboxylic acids is 2. The first kappa shape index (κ1) is 18.7. The number of fused-ring (bicyclic) bond motifs is 1. The highest BCUT2D eigenvalue weighted by molar-refractivity contribution is 7.09. The van der Waals surface area contributed by atoms with Gasteiger partial charge in [-0.1, -0.05) is 24.3 Å². The third-order valence-electron chi connectivity index (χ3n) is 5.15. The molecule has 2 amide bonds. The molecule has 1 fully saturated rings. The van der Waals surface area contributed by atoms with Gasteiger partial charge in [-0.2, -0.15) is 0 Å². The van der Waals surface area contributed by atoms with Gasteiger partial charge >= 0.3 is 0 Å². The first-order valence-electron chi connectivity index (χ1n) is 9.53. The van der Waals surface area contributed by atoms with Crippen LogP contribution in [0.15, 0.2) is 48.0 Å². The van der Waals surface area contributed by atoms with Crippen molar-refractivity contribution in [3.63, 3.8) is 0 Å². The zero-order chi connectivity index (χ0) is 19.3. The van der Waals surface area contributed by atoms with Gasteiger partial charge in [-0.3, -0.25) is 14.5 Å². The van der Waals surface area contributed by atoms with Crippen molar-refractivity contribution in [3.8, 4) is 0 Å². The second-order valence-corrected chi connectivity index (χ2v) is 8.08. The van der Waals surface area contributed by atoms with E-state index >= 15 is 0 Å². The molecule has 0 unspecified atom stereocenters. The molecule has 7 heteroatoms. The van der Waals surface area contributed by atoms with Crippen molar-refractivity contribution >= 4 is 34.1 Å². The molecular weight excluding hydrogens is 372 g/mol. The predicted octanol–water partition coefficient (Wildman–Crippen LogP) is 2.23. The maximum atomic E-state index is 12.7. The molecule has 3 heterocycles. The van der Waals surface area contributed by atoms with Gasteiger partial charge in [0.15, 0.2) is 0 Å². The molecule has 28 heavy (non-hydrogen) atoms. The van der Waals surface area contributed by atoms with Crippen LogP contribution in [0.25, 0.3) is 10.9 Å². The summed E-state index contributed by atoms with van der Waals surface area (Å²) in [7, 11) is 0. The molecule has 1 aliphatic rings. The summed E-state index contributed by atoms with van der Waals surface area (Å²) in [6.07, 6.45) is 2.34. The van der Waals surface area contributed by atoms with Gasteiger partial charge in [0.1, 0.15) is 0 Å². The summed E-state index contributed by atoms with van der Waals surface area (Å²) < 4.78 is 0. The molecule has 0 atom stereocenters. The molecule has 0 saturated carbocycles. The van der Waals surface area contributed by atoms with E-state index in [9.17, 15) is 9.59 Å². The Morgan fingerprint density at radius 1 is 1.07 bits per heavy atom. The van der Waals surface area contributed by atoms with Crippen LogP contribution < -0.4 is 5.32 Å². The van der Waals surface area contributed by atoms with Crippen LogP contribution in [0.4, 0.5) is 0 Å². The SMILES string of the molecule is O=C(CN1CCN(C(=O)Cc2c[nH]c3ccccc23)CC1)NCc1cccs1. The summed E-state index contributed by atoms with van der Waals surface area (Å²) in [4.78, 5) is 33.2. The average molecular weight is 397 g/mol. The maximum Gasteiger partial charge on any atom is 0.234 e. The molecule has 1 aliphatic heterocycles. The van der Waals surface area contributed by atoms with Crippen LogP contribution in [0.3, 0.4) is 0 Å². The Bertz CT molecular complexity index is 942. The minimum Gasteiger partial charge on any atom is -0.361 e. The molecule has 0 bridgehead atoms. The van der Waals surface area contributed by atoms with Gasteiger partial charge in [0.25, 0.3) is 0 Å². The number of amides is 2. The summed E-state index contributed by atoms with van der Waals surface area (Å²) in [5.41, 5.74) is 2.10. The fourth-order valence-corrected chi connectivity index (χ4v) is 4.21. The minimum atomic E-state index is 0.0342. The Morgan fingerprint density at radius 2 is 1.89 bits per heavy atom. The molecule has 6 nitrogen and oxygen atoms in total. The molecule has 4 rings (SSSR count). The summed E-state index contributed by atoms with van der Waals surface area (Å²) in [6.45, 7) is 3.76. The Kier molecular flexibility index (Phi) is 5.73. The zero-order valence-electron chi connectivity index (χ0n) is 15.7. The number of aromatic amines is 1. The van der Waals surface area contributed by atoms with Crippen molar-refractivity contribution in [3.05, 3.63) is 58.4 Å². The van der Waals surface area contributed by atoms with Gasteiger partial charge in [-0.05, 0) is 23.1 Å². The van der Waals surface area contributed by atoms with Gasteiger partial charge < -0.3 is 15.2 Å². The molecule has 1 aromatic carbocycles. The maximum absolute atomic E-state index is 12.7. The monoisotopic (exact) mass is 396 g/mol. The number of nitrogens with zero attached hydrogens (tertiary/aromatic N) is 2. The van der Waals surface area contributed by atoms with E-state index in [1.807, 2.05) is 52.9 Å². The number of para-hydroxylation sites is 1. The number of rotatable bonds is 6. The summed E-state index contributed by atoms with van der Waals surface area (Å²) >= 11 is 1.64. The Balaban J connectivity index is 1.23. The number of thiophene rings is 1. The van der Waals surface area contributed by atoms with Crippen LogP contribution in [-0.4, -0.2) is 59.3 Å². The Morgan fingerprint density at radius 3 is 2.68 bits per heavy atom. The topological polar surface area (TPSA) is 68.4 Å². The van der Waals surface area contributed by atoms with Gasteiger partial charge in [0.05, 0.1) is 19.5 Å². The first-order chi connectivity index (χ1) is 13.7. The van der Waals surface area contributed by atoms with E-state index in [4.69, 9.17) is 0 Å². The van der Waals surface area contributed by atoms with Crippen molar-refractivity contribution in [2.24, 2.45) is 0 Å². The van der Waals surface area contributed by atoms with Gasteiger partial charge in [0, 0.05) is 48.2 Å². The second-order valence-electron chi connectivity index (χ2n) is 7.05. The van der Waals surface area contributed by atoms with E-state index in [0.29, 0.717) is 32.6 Å². The van der Waals surface area contributed by atoms with E-state index in [-0.39, 0.29) is 11.8 Å². The summed E-state index contributed by atoms with van der Waals surface area (Å²) in [5.74, 6) is 0.179. The van der Waals surface area contributed by atoms with Gasteiger partial charge in [-0.15, -0.1) is 11.3 Å². The number of aromatic nitrogens is 1. The molecule has 146 valence electrons. The van der Waals surface area contributed by atoms with Gasteiger partial charge in [-0.25, -0.2) is 0 Å².